The number of ether oxygens (including phenoxy) is 1. The number of allylic oxidation sites excluding steroid dienone is 2. The third-order valence-electron chi connectivity index (χ3n) is 2.00. The van der Waals surface area contributed by atoms with Crippen LogP contribution < -0.4 is 4.74 Å². The Balaban J connectivity index is 2.83. The van der Waals surface area contributed by atoms with Crippen molar-refractivity contribution >= 4 is 11.5 Å². The van der Waals surface area contributed by atoms with Crippen molar-refractivity contribution in [2.45, 2.75) is 20.8 Å². The van der Waals surface area contributed by atoms with Crippen molar-refractivity contribution in [2.75, 3.05) is 0 Å². The molecule has 1 aromatic rings. The van der Waals surface area contributed by atoms with Gasteiger partial charge in [0.1, 0.15) is 5.75 Å². The smallest absolute Gasteiger partial charge is 0.308 e. The molecule has 14 heavy (non-hydrogen) atoms. The summed E-state index contributed by atoms with van der Waals surface area (Å²) in [6.07, 6.45) is 2.04. The maximum Gasteiger partial charge on any atom is 0.308 e. The number of rotatable bonds is 2. The van der Waals surface area contributed by atoms with Crippen molar-refractivity contribution < 1.29 is 9.53 Å². The van der Waals surface area contributed by atoms with Gasteiger partial charge in [-0.25, -0.2) is 0 Å². The van der Waals surface area contributed by atoms with E-state index in [9.17, 15) is 4.79 Å². The van der Waals surface area contributed by atoms with E-state index in [1.165, 1.54) is 12.5 Å². The molecule has 0 radical (unpaired) electrons. The fraction of sp³-hybridized carbons (Fsp3) is 0.250. The van der Waals surface area contributed by atoms with Crippen molar-refractivity contribution in [3.05, 3.63) is 35.9 Å². The summed E-state index contributed by atoms with van der Waals surface area (Å²) < 4.78 is 4.92. The van der Waals surface area contributed by atoms with Crippen molar-refractivity contribution in [3.63, 3.8) is 0 Å². The maximum absolute atomic E-state index is 10.7. The minimum atomic E-state index is -0.291. The number of esters is 1. The van der Waals surface area contributed by atoms with Crippen molar-refractivity contribution in [2.24, 2.45) is 0 Å². The first kappa shape index (κ1) is 10.5. The molecule has 0 N–H and O–H groups in total. The first-order chi connectivity index (χ1) is 6.63. The van der Waals surface area contributed by atoms with Gasteiger partial charge in [0.2, 0.25) is 0 Å². The molecule has 0 unspecified atom stereocenters. The van der Waals surface area contributed by atoms with Gasteiger partial charge in [0.05, 0.1) is 0 Å². The van der Waals surface area contributed by atoms with Crippen LogP contribution in [0.5, 0.6) is 5.75 Å². The largest absolute Gasteiger partial charge is 0.427 e. The zero-order valence-corrected chi connectivity index (χ0v) is 8.70. The van der Waals surface area contributed by atoms with Crippen molar-refractivity contribution in [1.29, 1.82) is 0 Å². The molecule has 0 fully saturated rings. The fourth-order valence-electron chi connectivity index (χ4n) is 1.12. The van der Waals surface area contributed by atoms with E-state index < -0.39 is 0 Å². The maximum atomic E-state index is 10.7. The lowest BCUT2D eigenvalue weighted by Crippen LogP contribution is -2.00. The van der Waals surface area contributed by atoms with E-state index in [-0.39, 0.29) is 5.97 Å². The first-order valence-corrected chi connectivity index (χ1v) is 4.55. The van der Waals surface area contributed by atoms with Gasteiger partial charge in [-0.05, 0) is 37.1 Å². The third-order valence-corrected chi connectivity index (χ3v) is 2.00. The highest BCUT2D eigenvalue weighted by atomic mass is 16.5. The molecule has 0 aliphatic carbocycles. The summed E-state index contributed by atoms with van der Waals surface area (Å²) in [6.45, 7) is 5.43. The molecule has 0 heterocycles. The second kappa shape index (κ2) is 4.61. The van der Waals surface area contributed by atoms with E-state index in [2.05, 4.69) is 0 Å². The lowest BCUT2D eigenvalue weighted by Gasteiger charge is -2.03. The fourth-order valence-corrected chi connectivity index (χ4v) is 1.12. The minimum absolute atomic E-state index is 0.291. The lowest BCUT2D eigenvalue weighted by molar-refractivity contribution is -0.131. The average molecular weight is 190 g/mol. The van der Waals surface area contributed by atoms with E-state index in [1.54, 1.807) is 12.1 Å². The summed E-state index contributed by atoms with van der Waals surface area (Å²) in [5.41, 5.74) is 2.35. The van der Waals surface area contributed by atoms with Gasteiger partial charge in [-0.15, -0.1) is 0 Å². The molecule has 0 aliphatic heterocycles. The van der Waals surface area contributed by atoms with Crippen LogP contribution >= 0.6 is 0 Å². The second-order valence-corrected chi connectivity index (χ2v) is 3.09. The minimum Gasteiger partial charge on any atom is -0.427 e. The number of carbonyl (C=O) groups is 1. The molecule has 2 heteroatoms. The van der Waals surface area contributed by atoms with Gasteiger partial charge in [0.25, 0.3) is 0 Å². The first-order valence-electron chi connectivity index (χ1n) is 4.55. The Bertz CT molecular complexity index is 347. The number of hydrogen-bond donors (Lipinski definition) is 0. The third kappa shape index (κ3) is 2.73. The Labute approximate surface area is 84.2 Å². The van der Waals surface area contributed by atoms with Crippen LogP contribution in [-0.4, -0.2) is 5.97 Å². The Morgan fingerprint density at radius 3 is 2.21 bits per heavy atom. The van der Waals surface area contributed by atoms with E-state index in [0.717, 1.165) is 5.56 Å². The van der Waals surface area contributed by atoms with Crippen molar-refractivity contribution in [1.82, 2.24) is 0 Å². The molecule has 0 amide bonds. The molecule has 0 bridgehead atoms. The molecule has 1 aromatic carbocycles. The molecule has 0 spiro atoms. The molecular weight excluding hydrogens is 176 g/mol. The van der Waals surface area contributed by atoms with Gasteiger partial charge >= 0.3 is 5.97 Å². The second-order valence-electron chi connectivity index (χ2n) is 3.09. The number of carbonyl (C=O) groups excluding carboxylic acids is 1. The summed E-state index contributed by atoms with van der Waals surface area (Å²) in [4.78, 5) is 10.7. The van der Waals surface area contributed by atoms with Gasteiger partial charge in [-0.1, -0.05) is 18.2 Å². The summed E-state index contributed by atoms with van der Waals surface area (Å²) in [5, 5.41) is 0. The van der Waals surface area contributed by atoms with Gasteiger partial charge < -0.3 is 4.74 Å². The molecule has 1 rings (SSSR count). The van der Waals surface area contributed by atoms with E-state index in [0.29, 0.717) is 5.75 Å². The van der Waals surface area contributed by atoms with Crippen LogP contribution in [0.2, 0.25) is 0 Å². The van der Waals surface area contributed by atoms with Gasteiger partial charge in [-0.3, -0.25) is 4.79 Å². The van der Waals surface area contributed by atoms with Crippen LogP contribution in [-0.2, 0) is 4.79 Å². The standard InChI is InChI=1S/C12H14O2/c1-4-9(2)11-5-7-12(8-6-11)14-10(3)13/h4-8H,1-3H3/b9-4+. The molecule has 0 aliphatic rings. The van der Waals surface area contributed by atoms with E-state index in [1.807, 2.05) is 32.1 Å². The Morgan fingerprint density at radius 1 is 1.21 bits per heavy atom. The van der Waals surface area contributed by atoms with E-state index >= 15 is 0 Å². The highest BCUT2D eigenvalue weighted by molar-refractivity contribution is 5.70. The normalized spacial score (nSPS) is 11.2. The highest BCUT2D eigenvalue weighted by Crippen LogP contribution is 2.18. The number of hydrogen-bond acceptors (Lipinski definition) is 2. The molecule has 0 aromatic heterocycles. The van der Waals surface area contributed by atoms with Crippen LogP contribution in [0.3, 0.4) is 0 Å². The van der Waals surface area contributed by atoms with Crippen LogP contribution in [0.4, 0.5) is 0 Å². The van der Waals surface area contributed by atoms with Crippen LogP contribution in [0, 0.1) is 0 Å². The lowest BCUT2D eigenvalue weighted by atomic mass is 10.1. The van der Waals surface area contributed by atoms with Crippen LogP contribution in [0.1, 0.15) is 26.3 Å². The molecular formula is C12H14O2. The molecule has 74 valence electrons. The monoisotopic (exact) mass is 190 g/mol. The molecule has 0 saturated heterocycles. The molecule has 0 saturated carbocycles. The quantitative estimate of drug-likeness (QED) is 0.529. The predicted octanol–water partition coefficient (Wildman–Crippen LogP) is 3.04. The topological polar surface area (TPSA) is 26.3 Å². The predicted molar refractivity (Wildman–Crippen MR) is 57.1 cm³/mol. The SMILES string of the molecule is C/C=C(\C)c1ccc(OC(C)=O)cc1. The Hall–Kier alpha value is -1.57. The summed E-state index contributed by atoms with van der Waals surface area (Å²) in [7, 11) is 0. The van der Waals surface area contributed by atoms with Crippen molar-refractivity contribution in [3.8, 4) is 5.75 Å². The summed E-state index contributed by atoms with van der Waals surface area (Å²) in [6, 6.07) is 7.47. The van der Waals surface area contributed by atoms with Gasteiger partial charge in [-0.2, -0.15) is 0 Å². The zero-order valence-electron chi connectivity index (χ0n) is 8.70. The molecule has 0 atom stereocenters. The van der Waals surface area contributed by atoms with Crippen LogP contribution in [0.15, 0.2) is 30.3 Å². The zero-order chi connectivity index (χ0) is 10.6. The van der Waals surface area contributed by atoms with E-state index in [4.69, 9.17) is 4.74 Å². The average Bonchev–Trinajstić information content (AvgIpc) is 2.17. The summed E-state index contributed by atoms with van der Waals surface area (Å²) in [5.74, 6) is 0.297. The molecule has 2 nitrogen and oxygen atoms in total. The highest BCUT2D eigenvalue weighted by Gasteiger charge is 1.98. The Kier molecular flexibility index (Phi) is 3.46. The summed E-state index contributed by atoms with van der Waals surface area (Å²) >= 11 is 0. The van der Waals surface area contributed by atoms with Gasteiger partial charge in [0, 0.05) is 6.92 Å². The van der Waals surface area contributed by atoms with Crippen LogP contribution in [0.25, 0.3) is 5.57 Å². The Morgan fingerprint density at radius 2 is 1.79 bits per heavy atom. The number of benzene rings is 1. The van der Waals surface area contributed by atoms with Gasteiger partial charge in [0.15, 0.2) is 0 Å².